The molecule has 0 aliphatic carbocycles. The van der Waals surface area contributed by atoms with Crippen LogP contribution < -0.4 is 10.2 Å². The zero-order valence-corrected chi connectivity index (χ0v) is 15.8. The number of fused-ring (bicyclic) bond motifs is 1. The number of carbonyl (C=O) groups is 4. The number of barbiturate groups is 1. The fourth-order valence-corrected chi connectivity index (χ4v) is 3.37. The molecule has 7 nitrogen and oxygen atoms in total. The van der Waals surface area contributed by atoms with Crippen LogP contribution in [0.4, 0.5) is 10.5 Å². The van der Waals surface area contributed by atoms with E-state index in [1.54, 1.807) is 42.5 Å². The highest BCUT2D eigenvalue weighted by Crippen LogP contribution is 2.25. The minimum absolute atomic E-state index is 0.226. The Hall–Kier alpha value is -4.00. The van der Waals surface area contributed by atoms with Crippen LogP contribution in [-0.4, -0.2) is 28.3 Å². The summed E-state index contributed by atoms with van der Waals surface area (Å²) in [5.41, 5.74) is 2.15. The molecule has 7 heteroatoms. The first-order valence-corrected chi connectivity index (χ1v) is 8.96. The van der Waals surface area contributed by atoms with Gasteiger partial charge in [-0.25, -0.2) is 9.69 Å². The quantitative estimate of drug-likeness (QED) is 0.540. The number of anilines is 1. The molecule has 0 saturated carbocycles. The van der Waals surface area contributed by atoms with Crippen molar-refractivity contribution >= 4 is 46.4 Å². The molecule has 1 aliphatic rings. The van der Waals surface area contributed by atoms with Gasteiger partial charge in [0.1, 0.15) is 5.57 Å². The molecule has 144 valence electrons. The summed E-state index contributed by atoms with van der Waals surface area (Å²) in [6, 6.07) is 15.0. The van der Waals surface area contributed by atoms with Crippen LogP contribution in [0.15, 0.2) is 60.2 Å². The maximum atomic E-state index is 13.0. The second kappa shape index (κ2) is 6.87. The van der Waals surface area contributed by atoms with Crippen molar-refractivity contribution in [2.75, 3.05) is 4.90 Å². The van der Waals surface area contributed by atoms with Crippen LogP contribution >= 0.6 is 0 Å². The predicted molar refractivity (Wildman–Crippen MR) is 108 cm³/mol. The number of carbonyl (C=O) groups excluding carboxylic acids is 4. The fraction of sp³-hybridized carbons (Fsp3) is 0.0909. The second-order valence-electron chi connectivity index (χ2n) is 6.78. The Morgan fingerprint density at radius 3 is 2.38 bits per heavy atom. The van der Waals surface area contributed by atoms with E-state index in [2.05, 4.69) is 5.32 Å². The Kier molecular flexibility index (Phi) is 4.35. The van der Waals surface area contributed by atoms with Crippen LogP contribution in [0.1, 0.15) is 23.0 Å². The van der Waals surface area contributed by atoms with Crippen molar-refractivity contribution in [1.82, 2.24) is 9.88 Å². The van der Waals surface area contributed by atoms with E-state index < -0.39 is 17.8 Å². The third-order valence-electron chi connectivity index (χ3n) is 4.74. The lowest BCUT2D eigenvalue weighted by atomic mass is 10.1. The van der Waals surface area contributed by atoms with E-state index in [1.165, 1.54) is 17.6 Å². The van der Waals surface area contributed by atoms with E-state index in [0.717, 1.165) is 15.8 Å². The number of hydrogen-bond acceptors (Lipinski definition) is 4. The van der Waals surface area contributed by atoms with Crippen molar-refractivity contribution in [2.24, 2.45) is 0 Å². The molecule has 29 heavy (non-hydrogen) atoms. The number of aryl methyl sites for hydroxylation is 1. The standard InChI is InChI=1S/C22H17N3O4/c1-13-7-9-16(10-8-13)25-21(28)18(20(27)23-22(25)29)12-17-11-15-5-3-4-6-19(15)24(17)14(2)26/h3-12H,1-2H3,(H,23,27,29). The lowest BCUT2D eigenvalue weighted by molar-refractivity contribution is -0.122. The lowest BCUT2D eigenvalue weighted by Gasteiger charge is -2.26. The largest absolute Gasteiger partial charge is 0.335 e. The Bertz CT molecular complexity index is 1220. The number of nitrogens with one attached hydrogen (secondary N) is 1. The summed E-state index contributed by atoms with van der Waals surface area (Å²) in [6.45, 7) is 3.29. The van der Waals surface area contributed by atoms with E-state index in [4.69, 9.17) is 0 Å². The van der Waals surface area contributed by atoms with Crippen LogP contribution in [0.25, 0.3) is 17.0 Å². The molecule has 0 atom stereocenters. The van der Waals surface area contributed by atoms with Crippen molar-refractivity contribution in [3.63, 3.8) is 0 Å². The zero-order chi connectivity index (χ0) is 20.7. The molecule has 1 saturated heterocycles. The molecule has 4 amide bonds. The molecule has 1 aliphatic heterocycles. The molecule has 3 aromatic rings. The zero-order valence-electron chi connectivity index (χ0n) is 15.8. The first-order valence-electron chi connectivity index (χ1n) is 8.96. The van der Waals surface area contributed by atoms with E-state index in [-0.39, 0.29) is 11.5 Å². The van der Waals surface area contributed by atoms with Crippen molar-refractivity contribution in [2.45, 2.75) is 13.8 Å². The maximum Gasteiger partial charge on any atom is 0.335 e. The van der Waals surface area contributed by atoms with E-state index in [9.17, 15) is 19.2 Å². The van der Waals surface area contributed by atoms with Crippen molar-refractivity contribution in [1.29, 1.82) is 0 Å². The third-order valence-corrected chi connectivity index (χ3v) is 4.74. The molecule has 1 fully saturated rings. The monoisotopic (exact) mass is 387 g/mol. The molecule has 0 radical (unpaired) electrons. The molecule has 0 bridgehead atoms. The molecule has 2 heterocycles. The van der Waals surface area contributed by atoms with Crippen molar-refractivity contribution in [3.05, 3.63) is 71.4 Å². The maximum absolute atomic E-state index is 13.0. The van der Waals surface area contributed by atoms with Gasteiger partial charge in [0, 0.05) is 12.3 Å². The van der Waals surface area contributed by atoms with Gasteiger partial charge in [-0.1, -0.05) is 35.9 Å². The number of imide groups is 2. The summed E-state index contributed by atoms with van der Waals surface area (Å²) >= 11 is 0. The number of rotatable bonds is 2. The van der Waals surface area contributed by atoms with E-state index in [0.29, 0.717) is 16.9 Å². The van der Waals surface area contributed by atoms with Gasteiger partial charge >= 0.3 is 6.03 Å². The molecule has 4 rings (SSSR count). The molecule has 0 spiro atoms. The first kappa shape index (κ1) is 18.4. The average Bonchev–Trinajstić information content (AvgIpc) is 3.04. The molecular formula is C22H17N3O4. The molecule has 1 aromatic heterocycles. The number of para-hydroxylation sites is 1. The highest BCUT2D eigenvalue weighted by atomic mass is 16.2. The summed E-state index contributed by atoms with van der Waals surface area (Å²) in [7, 11) is 0. The minimum atomic E-state index is -0.812. The average molecular weight is 387 g/mol. The SMILES string of the molecule is CC(=O)n1c(C=C2C(=O)NC(=O)N(c3ccc(C)cc3)C2=O)cc2ccccc21. The molecular weight excluding hydrogens is 370 g/mol. The van der Waals surface area contributed by atoms with Crippen molar-refractivity contribution in [3.8, 4) is 0 Å². The summed E-state index contributed by atoms with van der Waals surface area (Å²) in [5.74, 6) is -1.81. The highest BCUT2D eigenvalue weighted by molar-refractivity contribution is 6.39. The Labute approximate surface area is 166 Å². The number of hydrogen-bond donors (Lipinski definition) is 1. The van der Waals surface area contributed by atoms with Gasteiger partial charge in [0.15, 0.2) is 0 Å². The number of benzene rings is 2. The second-order valence-corrected chi connectivity index (χ2v) is 6.78. The lowest BCUT2D eigenvalue weighted by Crippen LogP contribution is -2.54. The van der Waals surface area contributed by atoms with Gasteiger partial charge in [-0.05, 0) is 37.3 Å². The number of urea groups is 1. The minimum Gasteiger partial charge on any atom is -0.281 e. The molecule has 0 unspecified atom stereocenters. The van der Waals surface area contributed by atoms with Crippen molar-refractivity contribution < 1.29 is 19.2 Å². The summed E-state index contributed by atoms with van der Waals surface area (Å²) in [5, 5.41) is 2.99. The van der Waals surface area contributed by atoms with Gasteiger partial charge in [0.2, 0.25) is 5.91 Å². The Balaban J connectivity index is 1.83. The smallest absolute Gasteiger partial charge is 0.281 e. The van der Waals surface area contributed by atoms with Crippen LogP contribution in [-0.2, 0) is 9.59 Å². The van der Waals surface area contributed by atoms with Gasteiger partial charge in [-0.2, -0.15) is 0 Å². The number of aromatic nitrogens is 1. The fourth-order valence-electron chi connectivity index (χ4n) is 3.37. The Morgan fingerprint density at radius 2 is 1.69 bits per heavy atom. The summed E-state index contributed by atoms with van der Waals surface area (Å²) < 4.78 is 1.43. The Morgan fingerprint density at radius 1 is 1.00 bits per heavy atom. The molecule has 1 N–H and O–H groups in total. The van der Waals surface area contributed by atoms with Crippen LogP contribution in [0, 0.1) is 6.92 Å². The predicted octanol–water partition coefficient (Wildman–Crippen LogP) is 3.28. The van der Waals surface area contributed by atoms with E-state index in [1.807, 2.05) is 19.1 Å². The highest BCUT2D eigenvalue weighted by Gasteiger charge is 2.37. The summed E-state index contributed by atoms with van der Waals surface area (Å²) in [6.07, 6.45) is 1.34. The molecule has 2 aromatic carbocycles. The number of amides is 4. The van der Waals surface area contributed by atoms with Gasteiger partial charge in [-0.15, -0.1) is 0 Å². The van der Waals surface area contributed by atoms with Gasteiger partial charge in [0.25, 0.3) is 11.8 Å². The number of nitrogens with zero attached hydrogens (tertiary/aromatic N) is 2. The van der Waals surface area contributed by atoms with Crippen LogP contribution in [0.3, 0.4) is 0 Å². The van der Waals surface area contributed by atoms with Gasteiger partial charge < -0.3 is 0 Å². The first-order chi connectivity index (χ1) is 13.9. The summed E-state index contributed by atoms with van der Waals surface area (Å²) in [4.78, 5) is 50.8. The normalized spacial score (nSPS) is 15.9. The van der Waals surface area contributed by atoms with Gasteiger partial charge in [-0.3, -0.25) is 24.3 Å². The van der Waals surface area contributed by atoms with Crippen LogP contribution in [0.5, 0.6) is 0 Å². The van der Waals surface area contributed by atoms with Crippen LogP contribution in [0.2, 0.25) is 0 Å². The third kappa shape index (κ3) is 3.12. The topological polar surface area (TPSA) is 88.5 Å². The van der Waals surface area contributed by atoms with Gasteiger partial charge in [0.05, 0.1) is 16.9 Å². The van der Waals surface area contributed by atoms with E-state index >= 15 is 0 Å².